The van der Waals surface area contributed by atoms with E-state index in [0.29, 0.717) is 0 Å². The molecule has 0 saturated carbocycles. The van der Waals surface area contributed by atoms with Gasteiger partial charge in [-0.3, -0.25) is 4.79 Å². The van der Waals surface area contributed by atoms with Crippen molar-refractivity contribution in [2.45, 2.75) is 45.1 Å². The summed E-state index contributed by atoms with van der Waals surface area (Å²) in [5.41, 5.74) is 5.52. The molecule has 1 aliphatic heterocycles. The summed E-state index contributed by atoms with van der Waals surface area (Å²) in [4.78, 5) is 17.8. The lowest BCUT2D eigenvalue weighted by Crippen LogP contribution is -2.38. The number of rotatable bonds is 9. The van der Waals surface area contributed by atoms with Gasteiger partial charge in [-0.05, 0) is 36.4 Å². The molecule has 1 unspecified atom stereocenters. The van der Waals surface area contributed by atoms with Gasteiger partial charge in [0, 0.05) is 57.5 Å². The Bertz CT molecular complexity index is 1480. The summed E-state index contributed by atoms with van der Waals surface area (Å²) in [6.07, 6.45) is 4.63. The Hall–Kier alpha value is -3.63. The van der Waals surface area contributed by atoms with Crippen LogP contribution in [0.4, 0.5) is 5.69 Å². The Kier molecular flexibility index (Phi) is 6.67. The molecule has 6 rings (SSSR count). The topological polar surface area (TPSA) is 29.5 Å². The lowest BCUT2D eigenvalue weighted by molar-refractivity contribution is 0.0978. The molecule has 0 bridgehead atoms. The van der Waals surface area contributed by atoms with Crippen LogP contribution in [0.3, 0.4) is 0 Å². The molecule has 3 aromatic carbocycles. The van der Waals surface area contributed by atoms with Gasteiger partial charge >= 0.3 is 0 Å². The molecule has 1 aromatic heterocycles. The standard InChI is InChI=1S/C34H33NO2S/c1-3-5-20-35(21-6-4-2)25-18-19-27-29(23-25)37-34(24-13-8-7-9-14-24)28-16-11-10-15-26(28)33(36)32(34)31(27)30-17-12-22-38-30/h7-19,22-23H,3-6,20-21H2,1-2H3. The van der Waals surface area contributed by atoms with E-state index >= 15 is 0 Å². The molecular weight excluding hydrogens is 486 g/mol. The van der Waals surface area contributed by atoms with Crippen molar-refractivity contribution in [3.05, 3.63) is 123 Å². The first-order valence-electron chi connectivity index (χ1n) is 13.8. The number of carbonyl (C=O) groups is 1. The molecule has 0 fully saturated rings. The van der Waals surface area contributed by atoms with E-state index in [-0.39, 0.29) is 5.78 Å². The van der Waals surface area contributed by atoms with Crippen LogP contribution in [-0.2, 0) is 5.60 Å². The highest BCUT2D eigenvalue weighted by atomic mass is 32.1. The largest absolute Gasteiger partial charge is 0.472 e. The molecule has 192 valence electrons. The Balaban J connectivity index is 1.62. The number of fused-ring (bicyclic) bond motifs is 4. The Labute approximate surface area is 229 Å². The van der Waals surface area contributed by atoms with Gasteiger partial charge in [-0.15, -0.1) is 11.3 Å². The zero-order valence-corrected chi connectivity index (χ0v) is 22.9. The number of nitrogens with zero attached hydrogens (tertiary/aromatic N) is 1. The molecule has 2 heterocycles. The molecule has 38 heavy (non-hydrogen) atoms. The number of unbranched alkanes of at least 4 members (excludes halogenated alkanes) is 2. The number of thiophene rings is 1. The van der Waals surface area contributed by atoms with Crippen LogP contribution in [0.25, 0.3) is 5.57 Å². The summed E-state index contributed by atoms with van der Waals surface area (Å²) < 4.78 is 7.15. The Morgan fingerprint density at radius 3 is 2.26 bits per heavy atom. The van der Waals surface area contributed by atoms with Gasteiger partial charge in [0.1, 0.15) is 5.75 Å². The van der Waals surface area contributed by atoms with Gasteiger partial charge in [0.2, 0.25) is 0 Å². The van der Waals surface area contributed by atoms with E-state index in [1.165, 1.54) is 5.69 Å². The van der Waals surface area contributed by atoms with Gasteiger partial charge in [-0.1, -0.05) is 87.4 Å². The maximum absolute atomic E-state index is 14.2. The van der Waals surface area contributed by atoms with Crippen LogP contribution in [0.5, 0.6) is 5.75 Å². The van der Waals surface area contributed by atoms with Crippen LogP contribution in [0, 0.1) is 0 Å². The van der Waals surface area contributed by atoms with Gasteiger partial charge in [-0.2, -0.15) is 0 Å². The number of ketones is 1. The van der Waals surface area contributed by atoms with E-state index in [9.17, 15) is 4.79 Å². The second kappa shape index (κ2) is 10.3. The molecule has 0 spiro atoms. The second-order valence-corrected chi connectivity index (χ2v) is 11.1. The monoisotopic (exact) mass is 519 g/mol. The first-order chi connectivity index (χ1) is 18.7. The summed E-state index contributed by atoms with van der Waals surface area (Å²) in [7, 11) is 0. The normalized spacial score (nSPS) is 17.6. The second-order valence-electron chi connectivity index (χ2n) is 10.1. The minimum Gasteiger partial charge on any atom is -0.472 e. The van der Waals surface area contributed by atoms with Crippen LogP contribution in [-0.4, -0.2) is 18.9 Å². The lowest BCUT2D eigenvalue weighted by atomic mass is 9.78. The predicted octanol–water partition coefficient (Wildman–Crippen LogP) is 8.49. The van der Waals surface area contributed by atoms with Crippen molar-refractivity contribution in [3.8, 4) is 5.75 Å². The predicted molar refractivity (Wildman–Crippen MR) is 157 cm³/mol. The third-order valence-corrected chi connectivity index (χ3v) is 8.64. The van der Waals surface area contributed by atoms with Crippen molar-refractivity contribution in [1.82, 2.24) is 0 Å². The molecular formula is C34H33NO2S. The minimum absolute atomic E-state index is 0.0510. The fraction of sp³-hybridized carbons (Fsp3) is 0.265. The van der Waals surface area contributed by atoms with E-state index in [0.717, 1.165) is 82.8 Å². The fourth-order valence-electron chi connectivity index (χ4n) is 5.89. The number of carbonyl (C=O) groups excluding carboxylic acids is 1. The lowest BCUT2D eigenvalue weighted by Gasteiger charge is -2.39. The third kappa shape index (κ3) is 3.90. The average molecular weight is 520 g/mol. The van der Waals surface area contributed by atoms with E-state index in [2.05, 4.69) is 72.7 Å². The number of hydrogen-bond acceptors (Lipinski definition) is 4. The van der Waals surface area contributed by atoms with Crippen LogP contribution < -0.4 is 9.64 Å². The van der Waals surface area contributed by atoms with E-state index in [1.54, 1.807) is 11.3 Å². The average Bonchev–Trinajstić information content (AvgIpc) is 3.58. The molecule has 3 nitrogen and oxygen atoms in total. The molecule has 4 aromatic rings. The van der Waals surface area contributed by atoms with E-state index in [4.69, 9.17) is 4.74 Å². The maximum atomic E-state index is 14.2. The summed E-state index contributed by atoms with van der Waals surface area (Å²) in [6.45, 7) is 6.54. The summed E-state index contributed by atoms with van der Waals surface area (Å²) in [5.74, 6) is 0.885. The van der Waals surface area contributed by atoms with Crippen molar-refractivity contribution >= 4 is 28.4 Å². The highest BCUT2D eigenvalue weighted by molar-refractivity contribution is 7.11. The zero-order valence-electron chi connectivity index (χ0n) is 22.1. The van der Waals surface area contributed by atoms with Crippen LogP contribution >= 0.6 is 11.3 Å². The molecule has 0 N–H and O–H groups in total. The quantitative estimate of drug-likeness (QED) is 0.222. The van der Waals surface area contributed by atoms with Gasteiger partial charge in [-0.25, -0.2) is 0 Å². The number of ether oxygens (including phenoxy) is 1. The highest BCUT2D eigenvalue weighted by Crippen LogP contribution is 2.57. The zero-order chi connectivity index (χ0) is 26.1. The van der Waals surface area contributed by atoms with Crippen molar-refractivity contribution in [2.24, 2.45) is 0 Å². The Morgan fingerprint density at radius 2 is 1.55 bits per heavy atom. The first kappa shape index (κ1) is 24.7. The highest BCUT2D eigenvalue weighted by Gasteiger charge is 2.55. The number of anilines is 1. The molecule has 0 amide bonds. The van der Waals surface area contributed by atoms with Crippen molar-refractivity contribution < 1.29 is 9.53 Å². The fourth-order valence-corrected chi connectivity index (χ4v) is 6.68. The summed E-state index contributed by atoms with van der Waals surface area (Å²) in [5, 5.41) is 2.08. The maximum Gasteiger partial charge on any atom is 0.194 e. The smallest absolute Gasteiger partial charge is 0.194 e. The van der Waals surface area contributed by atoms with E-state index < -0.39 is 5.60 Å². The molecule has 4 heteroatoms. The SMILES string of the molecule is CCCCN(CCCC)c1ccc2c(c1)OC1(c3ccccc3)C(=C2c2cccs2)C(=O)c2ccccc21. The first-order valence-corrected chi connectivity index (χ1v) is 14.6. The van der Waals surface area contributed by atoms with Gasteiger partial charge in [0.05, 0.1) is 5.57 Å². The van der Waals surface area contributed by atoms with Crippen LogP contribution in [0.15, 0.2) is 95.9 Å². The van der Waals surface area contributed by atoms with Crippen LogP contribution in [0.2, 0.25) is 0 Å². The van der Waals surface area contributed by atoms with Gasteiger partial charge < -0.3 is 9.64 Å². The Morgan fingerprint density at radius 1 is 0.816 bits per heavy atom. The van der Waals surface area contributed by atoms with Crippen molar-refractivity contribution in [3.63, 3.8) is 0 Å². The molecule has 2 aliphatic rings. The summed E-state index contributed by atoms with van der Waals surface area (Å²) >= 11 is 1.67. The summed E-state index contributed by atoms with van der Waals surface area (Å²) in [6, 6.07) is 29.0. The molecule has 0 saturated heterocycles. The van der Waals surface area contributed by atoms with E-state index in [1.807, 2.05) is 36.4 Å². The van der Waals surface area contributed by atoms with Gasteiger partial charge in [0.15, 0.2) is 11.4 Å². The number of benzene rings is 3. The van der Waals surface area contributed by atoms with Crippen molar-refractivity contribution in [1.29, 1.82) is 0 Å². The number of Topliss-reactive ketones (excluding diaryl/α,β-unsaturated/α-hetero) is 1. The van der Waals surface area contributed by atoms with Crippen LogP contribution in [0.1, 0.15) is 71.5 Å². The molecule has 1 atom stereocenters. The third-order valence-electron chi connectivity index (χ3n) is 7.75. The molecule has 0 radical (unpaired) electrons. The molecule has 1 aliphatic carbocycles. The number of hydrogen-bond donors (Lipinski definition) is 0. The van der Waals surface area contributed by atoms with Gasteiger partial charge in [0.25, 0.3) is 0 Å². The minimum atomic E-state index is -0.989. The van der Waals surface area contributed by atoms with Crippen molar-refractivity contribution in [2.75, 3.05) is 18.0 Å².